The van der Waals surface area contributed by atoms with Gasteiger partial charge < -0.3 is 19.9 Å². The van der Waals surface area contributed by atoms with Gasteiger partial charge in [-0.3, -0.25) is 14.2 Å². The normalized spacial score (nSPS) is 20.4. The van der Waals surface area contributed by atoms with E-state index in [1.54, 1.807) is 14.0 Å². The van der Waals surface area contributed by atoms with Crippen molar-refractivity contribution in [2.45, 2.75) is 45.1 Å². The number of thiophene rings is 1. The van der Waals surface area contributed by atoms with E-state index in [1.165, 1.54) is 33.0 Å². The molecule has 2 aliphatic heterocycles. The summed E-state index contributed by atoms with van der Waals surface area (Å²) in [5.74, 6) is 1.81. The van der Waals surface area contributed by atoms with Gasteiger partial charge in [0.05, 0.1) is 24.5 Å². The van der Waals surface area contributed by atoms with Crippen LogP contribution in [0.3, 0.4) is 0 Å². The molecule has 5 rings (SSSR count). The van der Waals surface area contributed by atoms with Crippen LogP contribution in [0, 0.1) is 18.8 Å². The molecule has 0 unspecified atom stereocenters. The summed E-state index contributed by atoms with van der Waals surface area (Å²) in [5.41, 5.74) is 0.396. The van der Waals surface area contributed by atoms with Crippen molar-refractivity contribution >= 4 is 43.2 Å². The lowest BCUT2D eigenvalue weighted by molar-refractivity contribution is -0.121. The molecule has 1 aromatic carbocycles. The quantitative estimate of drug-likeness (QED) is 0.340. The molecule has 0 bridgehead atoms. The van der Waals surface area contributed by atoms with Crippen LogP contribution in [0.1, 0.15) is 31.6 Å². The number of hydrogen-bond donors (Lipinski definition) is 1. The van der Waals surface area contributed by atoms with Crippen molar-refractivity contribution in [3.8, 4) is 5.75 Å². The number of benzene rings is 1. The molecule has 0 saturated carbocycles. The molecule has 4 heterocycles. The minimum Gasteiger partial charge on any atom is -0.495 e. The van der Waals surface area contributed by atoms with E-state index in [4.69, 9.17) is 4.74 Å². The first-order valence-electron chi connectivity index (χ1n) is 14.9. The van der Waals surface area contributed by atoms with Crippen molar-refractivity contribution < 1.29 is 17.9 Å². The molecule has 13 heteroatoms. The van der Waals surface area contributed by atoms with Gasteiger partial charge in [-0.15, -0.1) is 11.3 Å². The number of nitrogens with zero attached hydrogens (tertiary/aromatic N) is 5. The first kappa shape index (κ1) is 31.4. The number of rotatable bonds is 10. The zero-order valence-electron chi connectivity index (χ0n) is 25.4. The number of nitrogens with one attached hydrogen (secondary N) is 1. The average molecular weight is 631 g/mol. The average Bonchev–Trinajstić information content (AvgIpc) is 3.34. The van der Waals surface area contributed by atoms with Gasteiger partial charge in [0, 0.05) is 50.7 Å². The second-order valence-electron chi connectivity index (χ2n) is 11.8. The number of ether oxygens (including phenoxy) is 1. The smallest absolute Gasteiger partial charge is 0.263 e. The monoisotopic (exact) mass is 630 g/mol. The first-order valence-corrected chi connectivity index (χ1v) is 17.2. The number of piperazine rings is 1. The molecule has 2 atom stereocenters. The standard InChI is InChI=1S/C30H42N6O5S2/c1-21-16-22(2)18-33(17-21)11-7-10-31-26(37)19-35-20-32-29-27(30(35)38)28(23(3)42-29)43(39,40)36-14-12-34(13-15-36)24-8-5-6-9-25(24)41-4/h5-6,8-9,20-22H,7,10-19H2,1-4H3,(H,31,37)/t21-,22-/m0/s1. The van der Waals surface area contributed by atoms with Gasteiger partial charge >= 0.3 is 0 Å². The lowest BCUT2D eigenvalue weighted by Gasteiger charge is -2.35. The number of hydrogen-bond acceptors (Lipinski definition) is 9. The lowest BCUT2D eigenvalue weighted by atomic mass is 9.92. The second kappa shape index (κ2) is 13.3. The van der Waals surface area contributed by atoms with Crippen LogP contribution in [0.25, 0.3) is 10.2 Å². The zero-order chi connectivity index (χ0) is 30.7. The Balaban J connectivity index is 1.25. The fraction of sp³-hybridized carbons (Fsp3) is 0.567. The Kier molecular flexibility index (Phi) is 9.74. The van der Waals surface area contributed by atoms with E-state index in [0.29, 0.717) is 41.2 Å². The highest BCUT2D eigenvalue weighted by atomic mass is 32.2. The maximum absolute atomic E-state index is 13.9. The van der Waals surface area contributed by atoms with Crippen LogP contribution in [0.15, 0.2) is 40.3 Å². The van der Waals surface area contributed by atoms with E-state index < -0.39 is 15.6 Å². The fourth-order valence-electron chi connectivity index (χ4n) is 6.44. The van der Waals surface area contributed by atoms with Crippen LogP contribution in [-0.4, -0.2) is 92.5 Å². The summed E-state index contributed by atoms with van der Waals surface area (Å²) in [7, 11) is -2.36. The number of sulfonamides is 1. The third-order valence-corrected chi connectivity index (χ3v) is 11.5. The molecule has 0 radical (unpaired) electrons. The van der Waals surface area contributed by atoms with Crippen molar-refractivity contribution in [1.82, 2.24) is 24.1 Å². The molecule has 3 aromatic rings. The SMILES string of the molecule is COc1ccccc1N1CCN(S(=O)(=O)c2c(C)sc3ncn(CC(=O)NCCCN4C[C@@H](C)C[C@H](C)C4)c(=O)c23)CC1. The summed E-state index contributed by atoms with van der Waals surface area (Å²) in [6.07, 6.45) is 3.42. The van der Waals surface area contributed by atoms with Crippen LogP contribution in [0.5, 0.6) is 5.75 Å². The van der Waals surface area contributed by atoms with Gasteiger partial charge in [0.15, 0.2) is 0 Å². The molecule has 11 nitrogen and oxygen atoms in total. The van der Waals surface area contributed by atoms with E-state index in [2.05, 4.69) is 33.9 Å². The van der Waals surface area contributed by atoms with E-state index in [1.807, 2.05) is 24.3 Å². The van der Waals surface area contributed by atoms with Gasteiger partial charge in [-0.25, -0.2) is 13.4 Å². The number of fused-ring (bicyclic) bond motifs is 1. The molecule has 0 aliphatic carbocycles. The summed E-state index contributed by atoms with van der Waals surface area (Å²) in [5, 5.41) is 2.96. The minimum absolute atomic E-state index is 0.00418. The van der Waals surface area contributed by atoms with Crippen molar-refractivity contribution in [3.05, 3.63) is 45.8 Å². The van der Waals surface area contributed by atoms with Gasteiger partial charge in [-0.1, -0.05) is 26.0 Å². The van der Waals surface area contributed by atoms with Gasteiger partial charge in [-0.2, -0.15) is 4.31 Å². The summed E-state index contributed by atoms with van der Waals surface area (Å²) in [6, 6.07) is 7.67. The van der Waals surface area contributed by atoms with Crippen molar-refractivity contribution in [3.63, 3.8) is 0 Å². The number of piperidine rings is 1. The molecule has 0 spiro atoms. The highest BCUT2D eigenvalue weighted by Gasteiger charge is 2.34. The largest absolute Gasteiger partial charge is 0.495 e. The Hall–Kier alpha value is -3.00. The Morgan fingerprint density at radius 1 is 1.12 bits per heavy atom. The highest BCUT2D eigenvalue weighted by Crippen LogP contribution is 2.34. The predicted molar refractivity (Wildman–Crippen MR) is 170 cm³/mol. The molecule has 234 valence electrons. The number of carbonyl (C=O) groups is 1. The number of methoxy groups -OCH3 is 1. The molecule has 43 heavy (non-hydrogen) atoms. The first-order chi connectivity index (χ1) is 20.6. The van der Waals surface area contributed by atoms with Gasteiger partial charge in [0.1, 0.15) is 22.0 Å². The van der Waals surface area contributed by atoms with Crippen LogP contribution in [0.4, 0.5) is 5.69 Å². The molecule has 2 aliphatic rings. The van der Waals surface area contributed by atoms with E-state index in [-0.39, 0.29) is 35.8 Å². The third-order valence-electron chi connectivity index (χ3n) is 8.29. The number of anilines is 1. The second-order valence-corrected chi connectivity index (χ2v) is 14.9. The summed E-state index contributed by atoms with van der Waals surface area (Å²) < 4.78 is 35.9. The van der Waals surface area contributed by atoms with Crippen molar-refractivity contribution in [1.29, 1.82) is 0 Å². The Morgan fingerprint density at radius 3 is 2.51 bits per heavy atom. The molecule has 1 N–H and O–H groups in total. The minimum atomic E-state index is -3.97. The molecular formula is C30H42N6O5S2. The van der Waals surface area contributed by atoms with Crippen molar-refractivity contribution in [2.75, 3.05) is 64.4 Å². The zero-order valence-corrected chi connectivity index (χ0v) is 27.0. The van der Waals surface area contributed by atoms with Crippen LogP contribution >= 0.6 is 11.3 Å². The third kappa shape index (κ3) is 6.89. The molecule has 2 aromatic heterocycles. The van der Waals surface area contributed by atoms with E-state index in [0.717, 1.165) is 37.5 Å². The molecule has 2 saturated heterocycles. The maximum Gasteiger partial charge on any atom is 0.263 e. The summed E-state index contributed by atoms with van der Waals surface area (Å²) in [4.78, 5) is 36.1. The topological polar surface area (TPSA) is 117 Å². The number of aryl methyl sites for hydroxylation is 1. The van der Waals surface area contributed by atoms with E-state index >= 15 is 0 Å². The molecule has 1 amide bonds. The lowest BCUT2D eigenvalue weighted by Crippen LogP contribution is -2.49. The van der Waals surface area contributed by atoms with E-state index in [9.17, 15) is 18.0 Å². The van der Waals surface area contributed by atoms with Crippen LogP contribution < -0.4 is 20.5 Å². The number of likely N-dealkylation sites (tertiary alicyclic amines) is 1. The highest BCUT2D eigenvalue weighted by molar-refractivity contribution is 7.89. The number of para-hydroxylation sites is 2. The molecular weight excluding hydrogens is 589 g/mol. The Labute approximate surface area is 257 Å². The predicted octanol–water partition coefficient (Wildman–Crippen LogP) is 2.77. The fourth-order valence-corrected chi connectivity index (χ4v) is 9.53. The van der Waals surface area contributed by atoms with Gasteiger partial charge in [0.2, 0.25) is 15.9 Å². The number of carbonyl (C=O) groups excluding carboxylic acids is 1. The Morgan fingerprint density at radius 2 is 1.81 bits per heavy atom. The Bertz CT molecular complexity index is 1600. The van der Waals surface area contributed by atoms with Crippen molar-refractivity contribution in [2.24, 2.45) is 11.8 Å². The maximum atomic E-state index is 13.9. The number of aromatic nitrogens is 2. The molecule has 2 fully saturated rings. The summed E-state index contributed by atoms with van der Waals surface area (Å²) in [6.45, 7) is 11.2. The number of amides is 1. The summed E-state index contributed by atoms with van der Waals surface area (Å²) >= 11 is 1.18. The van der Waals surface area contributed by atoms with Crippen LogP contribution in [-0.2, 0) is 21.4 Å². The van der Waals surface area contributed by atoms with Gasteiger partial charge in [0.25, 0.3) is 5.56 Å². The van der Waals surface area contributed by atoms with Gasteiger partial charge in [-0.05, 0) is 50.3 Å². The van der Waals surface area contributed by atoms with Crippen LogP contribution in [0.2, 0.25) is 0 Å².